The Morgan fingerprint density at radius 1 is 1.28 bits per heavy atom. The van der Waals surface area contributed by atoms with Crippen LogP contribution in [-0.2, 0) is 6.54 Å². The van der Waals surface area contributed by atoms with Gasteiger partial charge in [0.15, 0.2) is 0 Å². The quantitative estimate of drug-likeness (QED) is 0.534. The van der Waals surface area contributed by atoms with Crippen LogP contribution in [0.4, 0.5) is 11.6 Å². The Kier molecular flexibility index (Phi) is 6.22. The molecule has 1 amide bonds. The van der Waals surface area contributed by atoms with Gasteiger partial charge in [0, 0.05) is 25.8 Å². The van der Waals surface area contributed by atoms with Gasteiger partial charge in [0.2, 0.25) is 5.62 Å². The summed E-state index contributed by atoms with van der Waals surface area (Å²) in [6.07, 6.45) is 2.31. The van der Waals surface area contributed by atoms with Crippen molar-refractivity contribution in [3.8, 4) is 11.5 Å². The van der Waals surface area contributed by atoms with Crippen molar-refractivity contribution in [2.45, 2.75) is 13.0 Å². The number of anilines is 2. The number of nitrogens with two attached hydrogens (primary N) is 1. The van der Waals surface area contributed by atoms with Crippen molar-refractivity contribution >= 4 is 28.4 Å². The van der Waals surface area contributed by atoms with Crippen LogP contribution in [0.3, 0.4) is 0 Å². The van der Waals surface area contributed by atoms with Crippen molar-refractivity contribution in [1.29, 1.82) is 0 Å². The average molecular weight is 438 g/mol. The predicted octanol–water partition coefficient (Wildman–Crippen LogP) is 1.52. The Labute approximate surface area is 185 Å². The van der Waals surface area contributed by atoms with E-state index in [1.807, 2.05) is 30.8 Å². The third-order valence-corrected chi connectivity index (χ3v) is 5.15. The van der Waals surface area contributed by atoms with E-state index in [-0.39, 0.29) is 0 Å². The highest BCUT2D eigenvalue weighted by Gasteiger charge is 2.22. The number of pyridine rings is 1. The zero-order valence-electron chi connectivity index (χ0n) is 18.5. The second-order valence-electron chi connectivity index (χ2n) is 7.72. The zero-order chi connectivity index (χ0) is 22.7. The Hall–Kier alpha value is -3.66. The predicted molar refractivity (Wildman–Crippen MR) is 122 cm³/mol. The second-order valence-corrected chi connectivity index (χ2v) is 7.72. The van der Waals surface area contributed by atoms with Gasteiger partial charge in [0.25, 0.3) is 5.91 Å². The van der Waals surface area contributed by atoms with Crippen molar-refractivity contribution in [3.63, 3.8) is 0 Å². The van der Waals surface area contributed by atoms with Crippen molar-refractivity contribution in [1.82, 2.24) is 19.4 Å². The fourth-order valence-corrected chi connectivity index (χ4v) is 3.59. The first-order valence-electron chi connectivity index (χ1n) is 10.4. The number of benzene rings is 1. The van der Waals surface area contributed by atoms with Crippen LogP contribution in [0.15, 0.2) is 35.5 Å². The molecule has 10 nitrogen and oxygen atoms in total. The molecule has 0 atom stereocenters. The van der Waals surface area contributed by atoms with Gasteiger partial charge in [-0.3, -0.25) is 9.36 Å². The molecule has 2 aromatic heterocycles. The highest BCUT2D eigenvalue weighted by molar-refractivity contribution is 5.99. The molecule has 1 aliphatic heterocycles. The number of hydrogen-bond donors (Lipinski definition) is 2. The van der Waals surface area contributed by atoms with Crippen LogP contribution in [0, 0.1) is 0 Å². The first-order valence-corrected chi connectivity index (χ1v) is 10.4. The number of hydrogen-bond acceptors (Lipinski definition) is 8. The van der Waals surface area contributed by atoms with E-state index >= 15 is 0 Å². The number of carbonyl (C=O) groups excluding carboxylic acids is 1. The van der Waals surface area contributed by atoms with Crippen LogP contribution in [0.5, 0.6) is 11.5 Å². The van der Waals surface area contributed by atoms with Crippen LogP contribution in [0.25, 0.3) is 10.9 Å². The molecule has 3 N–H and O–H groups in total. The third kappa shape index (κ3) is 4.35. The average Bonchev–Trinajstić information content (AvgIpc) is 3.27. The first kappa shape index (κ1) is 21.6. The minimum Gasteiger partial charge on any atom is -0.494 e. The number of nitrogens with zero attached hydrogens (tertiary/aromatic N) is 5. The van der Waals surface area contributed by atoms with Gasteiger partial charge in [-0.1, -0.05) is 0 Å². The number of methoxy groups -OCH3 is 1. The van der Waals surface area contributed by atoms with E-state index in [9.17, 15) is 4.79 Å². The Balaban J connectivity index is 1.79. The lowest BCUT2D eigenvalue weighted by atomic mass is 10.2. The number of rotatable bonds is 7. The monoisotopic (exact) mass is 437 g/mol. The van der Waals surface area contributed by atoms with E-state index in [4.69, 9.17) is 20.2 Å². The topological polar surface area (TPSA) is 120 Å². The van der Waals surface area contributed by atoms with Gasteiger partial charge in [-0.05, 0) is 44.8 Å². The molecule has 0 bridgehead atoms. The smallest absolute Gasteiger partial charge is 0.281 e. The van der Waals surface area contributed by atoms with Crippen LogP contribution in [-0.4, -0.2) is 66.2 Å². The number of carbonyl (C=O) groups is 1. The molecule has 0 unspecified atom stereocenters. The summed E-state index contributed by atoms with van der Waals surface area (Å²) in [7, 11) is 5.66. The molecule has 4 rings (SSSR count). The number of aromatic nitrogens is 3. The summed E-state index contributed by atoms with van der Waals surface area (Å²) in [6, 6.07) is 6.87. The van der Waals surface area contributed by atoms with E-state index in [1.54, 1.807) is 19.2 Å². The largest absolute Gasteiger partial charge is 0.494 e. The lowest BCUT2D eigenvalue weighted by Crippen LogP contribution is -2.25. The molecule has 32 heavy (non-hydrogen) atoms. The lowest BCUT2D eigenvalue weighted by Gasteiger charge is -2.16. The van der Waals surface area contributed by atoms with Crippen LogP contribution >= 0.6 is 0 Å². The highest BCUT2D eigenvalue weighted by atomic mass is 16.5. The summed E-state index contributed by atoms with van der Waals surface area (Å²) in [5, 5.41) is 4.20. The fourth-order valence-electron chi connectivity index (χ4n) is 3.59. The molecule has 1 aliphatic rings. The van der Waals surface area contributed by atoms with Crippen molar-refractivity contribution in [2.24, 2.45) is 4.99 Å². The lowest BCUT2D eigenvalue weighted by molar-refractivity contribution is 0.0996. The number of ether oxygens (including phenoxy) is 2. The molecule has 0 fully saturated rings. The maximum Gasteiger partial charge on any atom is 0.281 e. The van der Waals surface area contributed by atoms with Gasteiger partial charge in [-0.2, -0.15) is 4.99 Å². The Morgan fingerprint density at radius 3 is 2.81 bits per heavy atom. The van der Waals surface area contributed by atoms with Gasteiger partial charge in [0.1, 0.15) is 28.7 Å². The van der Waals surface area contributed by atoms with E-state index in [0.717, 1.165) is 24.2 Å². The van der Waals surface area contributed by atoms with E-state index in [2.05, 4.69) is 20.2 Å². The molecular formula is C22H27N7O3. The third-order valence-electron chi connectivity index (χ3n) is 5.15. The van der Waals surface area contributed by atoms with E-state index in [1.165, 1.54) is 6.20 Å². The van der Waals surface area contributed by atoms with Crippen molar-refractivity contribution in [2.75, 3.05) is 52.0 Å². The standard InChI is InChI=1S/C22H27N7O3/c1-28(2)10-4-12-32-15-6-7-16(31-3)19-18(15)20-24-9-11-29(20)22(26-19)27-21(30)14-5-8-17(23)25-13-14/h5-8,13,24H,4,9-12H2,1-3H3,(H2,23,25). The molecule has 3 heterocycles. The van der Waals surface area contributed by atoms with Crippen LogP contribution < -0.4 is 26.1 Å². The molecule has 10 heteroatoms. The highest BCUT2D eigenvalue weighted by Crippen LogP contribution is 2.37. The molecule has 0 spiro atoms. The summed E-state index contributed by atoms with van der Waals surface area (Å²) >= 11 is 0. The fraction of sp³-hybridized carbons (Fsp3) is 0.364. The molecule has 168 valence electrons. The molecule has 3 aromatic rings. The Bertz CT molecular complexity index is 1200. The van der Waals surface area contributed by atoms with E-state index in [0.29, 0.717) is 53.7 Å². The molecule has 0 radical (unpaired) electrons. The molecule has 0 aliphatic carbocycles. The summed E-state index contributed by atoms with van der Waals surface area (Å²) in [5.41, 5.74) is 6.83. The maximum absolute atomic E-state index is 12.7. The number of nitrogen functional groups attached to an aromatic ring is 1. The minimum absolute atomic E-state index is 0.294. The Morgan fingerprint density at radius 2 is 2.09 bits per heavy atom. The SMILES string of the molecule is COc1ccc(OCCCN(C)C)c2c3n(c(=NC(=O)c4ccc(N)nc4)nc12)CCN3. The van der Waals surface area contributed by atoms with Crippen molar-refractivity contribution in [3.05, 3.63) is 41.6 Å². The van der Waals surface area contributed by atoms with Gasteiger partial charge in [0.05, 0.1) is 24.7 Å². The molecular weight excluding hydrogens is 410 g/mol. The minimum atomic E-state index is -0.444. The van der Waals surface area contributed by atoms with Gasteiger partial charge >= 0.3 is 0 Å². The summed E-state index contributed by atoms with van der Waals surface area (Å²) in [6.45, 7) is 2.83. The number of fused-ring (bicyclic) bond motifs is 3. The first-order chi connectivity index (χ1) is 15.5. The van der Waals surface area contributed by atoms with Crippen molar-refractivity contribution < 1.29 is 14.3 Å². The molecule has 0 saturated heterocycles. The van der Waals surface area contributed by atoms with Gasteiger partial charge < -0.3 is 25.4 Å². The summed E-state index contributed by atoms with van der Waals surface area (Å²) < 4.78 is 13.5. The van der Waals surface area contributed by atoms with Crippen LogP contribution in [0.1, 0.15) is 16.8 Å². The van der Waals surface area contributed by atoms with Crippen LogP contribution in [0.2, 0.25) is 0 Å². The summed E-state index contributed by atoms with van der Waals surface area (Å²) in [5.74, 6) is 1.99. The second kappa shape index (κ2) is 9.23. The maximum atomic E-state index is 12.7. The summed E-state index contributed by atoms with van der Waals surface area (Å²) in [4.78, 5) is 27.8. The number of amides is 1. The molecule has 1 aromatic carbocycles. The number of nitrogens with one attached hydrogen (secondary N) is 1. The van der Waals surface area contributed by atoms with E-state index < -0.39 is 5.91 Å². The molecule has 0 saturated carbocycles. The zero-order valence-corrected chi connectivity index (χ0v) is 18.5. The van der Waals surface area contributed by atoms with Gasteiger partial charge in [-0.15, -0.1) is 0 Å². The normalized spacial score (nSPS) is 13.3. The van der Waals surface area contributed by atoms with Gasteiger partial charge in [-0.25, -0.2) is 9.97 Å².